The van der Waals surface area contributed by atoms with Crippen molar-refractivity contribution in [2.24, 2.45) is 0 Å². The zero-order valence-electron chi connectivity index (χ0n) is 9.92. The van der Waals surface area contributed by atoms with E-state index in [2.05, 4.69) is 17.4 Å². The molecule has 0 spiro atoms. The zero-order chi connectivity index (χ0) is 11.7. The third-order valence-electron chi connectivity index (χ3n) is 4.10. The summed E-state index contributed by atoms with van der Waals surface area (Å²) < 4.78 is 5.50. The Morgan fingerprint density at radius 1 is 1.29 bits per heavy atom. The number of piperidine rings is 1. The Kier molecular flexibility index (Phi) is 3.12. The van der Waals surface area contributed by atoms with Gasteiger partial charge in [-0.05, 0) is 37.1 Å². The molecule has 0 amide bonds. The van der Waals surface area contributed by atoms with Crippen molar-refractivity contribution in [3.8, 4) is 0 Å². The minimum atomic E-state index is 0.158. The number of ether oxygens (including phenoxy) is 1. The third kappa shape index (κ3) is 1.99. The molecule has 3 rings (SSSR count). The highest BCUT2D eigenvalue weighted by Crippen LogP contribution is 2.39. The quantitative estimate of drug-likeness (QED) is 0.873. The van der Waals surface area contributed by atoms with Gasteiger partial charge in [-0.1, -0.05) is 30.2 Å². The van der Waals surface area contributed by atoms with E-state index in [1.165, 1.54) is 24.8 Å². The van der Waals surface area contributed by atoms with E-state index in [-0.39, 0.29) is 5.41 Å². The Balaban J connectivity index is 1.90. The first-order valence-corrected chi connectivity index (χ1v) is 6.76. The van der Waals surface area contributed by atoms with Crippen molar-refractivity contribution in [2.75, 3.05) is 19.8 Å². The highest BCUT2D eigenvalue weighted by molar-refractivity contribution is 6.30. The van der Waals surface area contributed by atoms with Gasteiger partial charge in [-0.2, -0.15) is 0 Å². The number of rotatable bonds is 2. The molecule has 1 aromatic rings. The van der Waals surface area contributed by atoms with Crippen molar-refractivity contribution in [1.82, 2.24) is 5.32 Å². The maximum Gasteiger partial charge on any atom is 0.0600 e. The molecule has 92 valence electrons. The zero-order valence-corrected chi connectivity index (χ0v) is 10.7. The maximum absolute atomic E-state index is 6.11. The van der Waals surface area contributed by atoms with Crippen molar-refractivity contribution in [1.29, 1.82) is 0 Å². The minimum Gasteiger partial charge on any atom is -0.379 e. The molecule has 0 aromatic heterocycles. The summed E-state index contributed by atoms with van der Waals surface area (Å²) in [5.41, 5.74) is 1.49. The molecule has 2 aliphatic rings. The van der Waals surface area contributed by atoms with Crippen LogP contribution in [0.15, 0.2) is 24.3 Å². The van der Waals surface area contributed by atoms with Gasteiger partial charge >= 0.3 is 0 Å². The van der Waals surface area contributed by atoms with Gasteiger partial charge < -0.3 is 10.1 Å². The predicted octanol–water partition coefficient (Wildman–Crippen LogP) is 2.75. The van der Waals surface area contributed by atoms with E-state index in [0.717, 1.165) is 24.8 Å². The Bertz CT molecular complexity index is 397. The van der Waals surface area contributed by atoms with Crippen LogP contribution < -0.4 is 5.32 Å². The molecule has 1 aromatic carbocycles. The minimum absolute atomic E-state index is 0.158. The van der Waals surface area contributed by atoms with Crippen LogP contribution in [0.3, 0.4) is 0 Å². The fraction of sp³-hybridized carbons (Fsp3) is 0.571. The van der Waals surface area contributed by atoms with Gasteiger partial charge in [-0.15, -0.1) is 0 Å². The first-order chi connectivity index (χ1) is 8.31. The van der Waals surface area contributed by atoms with Crippen molar-refractivity contribution >= 4 is 11.6 Å². The standard InChI is InChI=1S/C14H18ClNO/c15-12-5-3-4-11(8-12)14(9-17-10-14)13-6-1-2-7-16-13/h3-5,8,13,16H,1-2,6-7,9-10H2. The lowest BCUT2D eigenvalue weighted by atomic mass is 9.70. The van der Waals surface area contributed by atoms with E-state index < -0.39 is 0 Å². The number of nitrogens with one attached hydrogen (secondary N) is 1. The maximum atomic E-state index is 6.11. The van der Waals surface area contributed by atoms with Crippen molar-refractivity contribution in [3.05, 3.63) is 34.9 Å². The Labute approximate surface area is 107 Å². The summed E-state index contributed by atoms with van der Waals surface area (Å²) in [6.07, 6.45) is 3.86. The van der Waals surface area contributed by atoms with Gasteiger partial charge in [0.15, 0.2) is 0 Å². The van der Waals surface area contributed by atoms with Crippen LogP contribution in [0.1, 0.15) is 24.8 Å². The largest absolute Gasteiger partial charge is 0.379 e. The summed E-state index contributed by atoms with van der Waals surface area (Å²) >= 11 is 6.11. The van der Waals surface area contributed by atoms with Gasteiger partial charge in [0.25, 0.3) is 0 Å². The molecule has 2 aliphatic heterocycles. The van der Waals surface area contributed by atoms with E-state index in [0.29, 0.717) is 6.04 Å². The van der Waals surface area contributed by atoms with E-state index in [9.17, 15) is 0 Å². The molecular formula is C14H18ClNO. The van der Waals surface area contributed by atoms with Crippen molar-refractivity contribution < 1.29 is 4.74 Å². The molecule has 1 N–H and O–H groups in total. The molecule has 1 atom stereocenters. The average Bonchev–Trinajstić information content (AvgIpc) is 2.29. The van der Waals surface area contributed by atoms with Gasteiger partial charge in [-0.3, -0.25) is 0 Å². The van der Waals surface area contributed by atoms with Crippen LogP contribution in [0.4, 0.5) is 0 Å². The van der Waals surface area contributed by atoms with Crippen LogP contribution in [-0.2, 0) is 10.2 Å². The molecule has 2 nitrogen and oxygen atoms in total. The molecule has 0 saturated carbocycles. The highest BCUT2D eigenvalue weighted by Gasteiger charge is 2.47. The molecule has 1 unspecified atom stereocenters. The highest BCUT2D eigenvalue weighted by atomic mass is 35.5. The lowest BCUT2D eigenvalue weighted by Gasteiger charge is -2.49. The summed E-state index contributed by atoms with van der Waals surface area (Å²) in [5.74, 6) is 0. The summed E-state index contributed by atoms with van der Waals surface area (Å²) in [7, 11) is 0. The predicted molar refractivity (Wildman–Crippen MR) is 69.6 cm³/mol. The number of hydrogen-bond acceptors (Lipinski definition) is 2. The normalized spacial score (nSPS) is 27.5. The first-order valence-electron chi connectivity index (χ1n) is 6.38. The number of benzene rings is 1. The SMILES string of the molecule is Clc1cccc(C2(C3CCCCN3)COC2)c1. The van der Waals surface area contributed by atoms with Gasteiger partial charge in [0.1, 0.15) is 0 Å². The molecule has 2 saturated heterocycles. The number of hydrogen-bond donors (Lipinski definition) is 1. The second-order valence-corrected chi connectivity index (χ2v) is 5.60. The van der Waals surface area contributed by atoms with Crippen LogP contribution in [0.5, 0.6) is 0 Å². The van der Waals surface area contributed by atoms with Gasteiger partial charge in [0.2, 0.25) is 0 Å². The van der Waals surface area contributed by atoms with Gasteiger partial charge in [-0.25, -0.2) is 0 Å². The fourth-order valence-corrected chi connectivity index (χ4v) is 3.20. The smallest absolute Gasteiger partial charge is 0.0600 e. The number of halogens is 1. The van der Waals surface area contributed by atoms with Crippen molar-refractivity contribution in [2.45, 2.75) is 30.7 Å². The van der Waals surface area contributed by atoms with Crippen LogP contribution in [0.25, 0.3) is 0 Å². The molecule has 3 heteroatoms. The second-order valence-electron chi connectivity index (χ2n) is 5.16. The van der Waals surface area contributed by atoms with Crippen molar-refractivity contribution in [3.63, 3.8) is 0 Å². The summed E-state index contributed by atoms with van der Waals surface area (Å²) in [5, 5.41) is 4.48. The van der Waals surface area contributed by atoms with Gasteiger partial charge in [0, 0.05) is 11.1 Å². The monoisotopic (exact) mass is 251 g/mol. The summed E-state index contributed by atoms with van der Waals surface area (Å²) in [4.78, 5) is 0. The first kappa shape index (κ1) is 11.5. The Hall–Kier alpha value is -0.570. The molecular weight excluding hydrogens is 234 g/mol. The summed E-state index contributed by atoms with van der Waals surface area (Å²) in [6.45, 7) is 2.78. The van der Waals surface area contributed by atoms with Crippen LogP contribution in [0.2, 0.25) is 5.02 Å². The molecule has 2 fully saturated rings. The Morgan fingerprint density at radius 2 is 2.18 bits per heavy atom. The van der Waals surface area contributed by atoms with E-state index in [1.54, 1.807) is 0 Å². The molecule has 0 aliphatic carbocycles. The molecule has 0 radical (unpaired) electrons. The topological polar surface area (TPSA) is 21.3 Å². The third-order valence-corrected chi connectivity index (χ3v) is 4.33. The van der Waals surface area contributed by atoms with Gasteiger partial charge in [0.05, 0.1) is 18.6 Å². The average molecular weight is 252 g/mol. The lowest BCUT2D eigenvalue weighted by molar-refractivity contribution is -0.0827. The summed E-state index contributed by atoms with van der Waals surface area (Å²) in [6, 6.07) is 8.81. The Morgan fingerprint density at radius 3 is 2.76 bits per heavy atom. The molecule has 2 heterocycles. The molecule has 17 heavy (non-hydrogen) atoms. The van der Waals surface area contributed by atoms with E-state index in [1.807, 2.05) is 12.1 Å². The van der Waals surface area contributed by atoms with Crippen LogP contribution >= 0.6 is 11.6 Å². The fourth-order valence-electron chi connectivity index (χ4n) is 3.01. The van der Waals surface area contributed by atoms with E-state index in [4.69, 9.17) is 16.3 Å². The van der Waals surface area contributed by atoms with E-state index >= 15 is 0 Å². The molecule has 0 bridgehead atoms. The van der Waals surface area contributed by atoms with Crippen LogP contribution in [0, 0.1) is 0 Å². The lowest BCUT2D eigenvalue weighted by Crippen LogP contribution is -2.61. The second kappa shape index (κ2) is 4.60. The van der Waals surface area contributed by atoms with Crippen LogP contribution in [-0.4, -0.2) is 25.8 Å².